The zero-order chi connectivity index (χ0) is 21.2. The summed E-state index contributed by atoms with van der Waals surface area (Å²) in [6, 6.07) is 22.6. The number of rotatable bonds is 9. The fraction of sp³-hybridized carbons (Fsp3) is 0.130. The smallest absolute Gasteiger partial charge is 0.250 e. The van der Waals surface area contributed by atoms with Gasteiger partial charge in [-0.3, -0.25) is 4.79 Å². The fourth-order valence-corrected chi connectivity index (χ4v) is 3.70. The molecule has 1 N–H and O–H groups in total. The maximum Gasteiger partial charge on any atom is 0.250 e. The van der Waals surface area contributed by atoms with Crippen molar-refractivity contribution in [3.05, 3.63) is 99.5 Å². The Balaban J connectivity index is 1.39. The summed E-state index contributed by atoms with van der Waals surface area (Å²) in [5.41, 5.74) is 5.40. The number of hydrazone groups is 1. The second-order valence-electron chi connectivity index (χ2n) is 6.37. The van der Waals surface area contributed by atoms with Gasteiger partial charge in [-0.15, -0.1) is 11.8 Å². The first-order valence-corrected chi connectivity index (χ1v) is 11.1. The van der Waals surface area contributed by atoms with Crippen LogP contribution < -0.4 is 10.2 Å². The molecule has 0 saturated carbocycles. The predicted octanol–water partition coefficient (Wildman–Crippen LogP) is 5.96. The Labute approximate surface area is 190 Å². The lowest BCUT2D eigenvalue weighted by Gasteiger charge is -2.07. The third-order valence-corrected chi connectivity index (χ3v) is 5.63. The highest BCUT2D eigenvalue weighted by Crippen LogP contribution is 2.19. The van der Waals surface area contributed by atoms with Gasteiger partial charge in [0.25, 0.3) is 0 Å². The summed E-state index contributed by atoms with van der Waals surface area (Å²) < 4.78 is 5.75. The van der Waals surface area contributed by atoms with E-state index in [4.69, 9.17) is 27.9 Å². The number of nitrogens with one attached hydrogen (secondary N) is 1. The van der Waals surface area contributed by atoms with E-state index < -0.39 is 0 Å². The molecule has 1 amide bonds. The molecule has 0 unspecified atom stereocenters. The van der Waals surface area contributed by atoms with E-state index in [-0.39, 0.29) is 5.91 Å². The second kappa shape index (κ2) is 11.6. The van der Waals surface area contributed by atoms with E-state index in [1.165, 1.54) is 11.8 Å². The van der Waals surface area contributed by atoms with E-state index in [1.54, 1.807) is 6.21 Å². The summed E-state index contributed by atoms with van der Waals surface area (Å²) in [6.07, 6.45) is 1.59. The van der Waals surface area contributed by atoms with Crippen LogP contribution in [0.15, 0.2) is 77.9 Å². The quantitative estimate of drug-likeness (QED) is 0.318. The molecule has 0 aliphatic carbocycles. The van der Waals surface area contributed by atoms with Gasteiger partial charge in [0.15, 0.2) is 0 Å². The Bertz CT molecular complexity index is 1010. The zero-order valence-corrected chi connectivity index (χ0v) is 18.4. The molecule has 0 heterocycles. The van der Waals surface area contributed by atoms with Crippen molar-refractivity contribution in [1.29, 1.82) is 0 Å². The highest BCUT2D eigenvalue weighted by Gasteiger charge is 2.02. The van der Waals surface area contributed by atoms with Crippen LogP contribution in [0.5, 0.6) is 5.75 Å². The number of nitrogens with zero attached hydrogens (tertiary/aromatic N) is 1. The van der Waals surface area contributed by atoms with E-state index >= 15 is 0 Å². The number of ether oxygens (including phenoxy) is 1. The highest BCUT2D eigenvalue weighted by atomic mass is 35.5. The molecule has 0 saturated heterocycles. The zero-order valence-electron chi connectivity index (χ0n) is 16.1. The topological polar surface area (TPSA) is 50.7 Å². The van der Waals surface area contributed by atoms with E-state index in [9.17, 15) is 4.79 Å². The standard InChI is InChI=1S/C23H20Cl2N2O2S/c24-20-6-3-4-18(12-20)15-30-16-23(28)27-26-13-17-8-10-21(11-9-17)29-14-19-5-1-2-7-22(19)25/h1-13H,14-16H2,(H,27,28)/b26-13-. The first-order chi connectivity index (χ1) is 14.6. The van der Waals surface area contributed by atoms with Gasteiger partial charge in [-0.25, -0.2) is 5.43 Å². The van der Waals surface area contributed by atoms with Gasteiger partial charge < -0.3 is 4.74 Å². The third kappa shape index (κ3) is 7.41. The predicted molar refractivity (Wildman–Crippen MR) is 126 cm³/mol. The number of hydrogen-bond acceptors (Lipinski definition) is 4. The molecule has 0 bridgehead atoms. The number of amides is 1. The third-order valence-electron chi connectivity index (χ3n) is 4.03. The number of halogens is 2. The van der Waals surface area contributed by atoms with Crippen molar-refractivity contribution in [2.24, 2.45) is 5.10 Å². The molecule has 0 aromatic heterocycles. The molecule has 0 spiro atoms. The molecule has 0 fully saturated rings. The van der Waals surface area contributed by atoms with Gasteiger partial charge >= 0.3 is 0 Å². The number of thioether (sulfide) groups is 1. The minimum atomic E-state index is -0.155. The summed E-state index contributed by atoms with van der Waals surface area (Å²) in [5, 5.41) is 5.38. The highest BCUT2D eigenvalue weighted by molar-refractivity contribution is 7.99. The number of carbonyl (C=O) groups is 1. The largest absolute Gasteiger partial charge is 0.489 e. The monoisotopic (exact) mass is 458 g/mol. The van der Waals surface area contributed by atoms with Gasteiger partial charge in [0.2, 0.25) is 5.91 Å². The maximum atomic E-state index is 11.9. The Morgan fingerprint density at radius 2 is 1.83 bits per heavy atom. The number of hydrogen-bond donors (Lipinski definition) is 1. The van der Waals surface area contributed by atoms with Gasteiger partial charge in [0.1, 0.15) is 12.4 Å². The van der Waals surface area contributed by atoms with Crippen molar-refractivity contribution in [3.8, 4) is 5.75 Å². The van der Waals surface area contributed by atoms with Gasteiger partial charge in [-0.1, -0.05) is 53.5 Å². The van der Waals surface area contributed by atoms with Gasteiger partial charge in [0, 0.05) is 21.4 Å². The number of benzene rings is 3. The van der Waals surface area contributed by atoms with Crippen LogP contribution in [0.1, 0.15) is 16.7 Å². The molecular weight excluding hydrogens is 439 g/mol. The van der Waals surface area contributed by atoms with Crippen LogP contribution in [0.2, 0.25) is 10.0 Å². The first kappa shape index (κ1) is 22.2. The molecule has 3 aromatic carbocycles. The van der Waals surface area contributed by atoms with E-state index in [0.29, 0.717) is 28.2 Å². The van der Waals surface area contributed by atoms with Crippen LogP contribution in [0.25, 0.3) is 0 Å². The molecule has 30 heavy (non-hydrogen) atoms. The Hall–Kier alpha value is -2.47. The molecule has 3 rings (SSSR count). The minimum Gasteiger partial charge on any atom is -0.489 e. The van der Waals surface area contributed by atoms with E-state index in [1.807, 2.05) is 72.8 Å². The molecule has 154 valence electrons. The molecule has 0 aliphatic rings. The fourth-order valence-electron chi connectivity index (χ4n) is 2.53. The molecule has 0 aliphatic heterocycles. The SMILES string of the molecule is O=C(CSCc1cccc(Cl)c1)N/N=C\c1ccc(OCc2ccccc2Cl)cc1. The lowest BCUT2D eigenvalue weighted by Crippen LogP contribution is -2.19. The Kier molecular flexibility index (Phi) is 8.63. The molecule has 0 atom stereocenters. The average molecular weight is 459 g/mol. The van der Waals surface area contributed by atoms with Crippen molar-refractivity contribution in [1.82, 2.24) is 5.43 Å². The first-order valence-electron chi connectivity index (χ1n) is 9.20. The van der Waals surface area contributed by atoms with Gasteiger partial charge in [-0.2, -0.15) is 5.10 Å². The van der Waals surface area contributed by atoms with Crippen LogP contribution in [-0.4, -0.2) is 17.9 Å². The molecule has 7 heteroatoms. The molecule has 0 radical (unpaired) electrons. The molecule has 3 aromatic rings. The van der Waals surface area contributed by atoms with Crippen LogP contribution in [0.4, 0.5) is 0 Å². The lowest BCUT2D eigenvalue weighted by atomic mass is 10.2. The number of carbonyl (C=O) groups excluding carboxylic acids is 1. The van der Waals surface area contributed by atoms with Crippen LogP contribution in [-0.2, 0) is 17.2 Å². The van der Waals surface area contributed by atoms with Crippen molar-refractivity contribution < 1.29 is 9.53 Å². The maximum absolute atomic E-state index is 11.9. The summed E-state index contributed by atoms with van der Waals surface area (Å²) in [4.78, 5) is 11.9. The average Bonchev–Trinajstić information content (AvgIpc) is 2.74. The van der Waals surface area contributed by atoms with Crippen LogP contribution in [0.3, 0.4) is 0 Å². The van der Waals surface area contributed by atoms with E-state index in [2.05, 4.69) is 10.5 Å². The van der Waals surface area contributed by atoms with Crippen molar-refractivity contribution in [2.45, 2.75) is 12.4 Å². The Morgan fingerprint density at radius 3 is 2.60 bits per heavy atom. The summed E-state index contributed by atoms with van der Waals surface area (Å²) >= 11 is 13.6. The summed E-state index contributed by atoms with van der Waals surface area (Å²) in [7, 11) is 0. The second-order valence-corrected chi connectivity index (χ2v) is 8.19. The van der Waals surface area contributed by atoms with Crippen molar-refractivity contribution in [3.63, 3.8) is 0 Å². The van der Waals surface area contributed by atoms with Crippen LogP contribution in [0, 0.1) is 0 Å². The Morgan fingerprint density at radius 1 is 1.03 bits per heavy atom. The van der Waals surface area contributed by atoms with Crippen LogP contribution >= 0.6 is 35.0 Å². The minimum absolute atomic E-state index is 0.155. The normalized spacial score (nSPS) is 10.9. The van der Waals surface area contributed by atoms with Crippen molar-refractivity contribution >= 4 is 47.1 Å². The molecular formula is C23H20Cl2N2O2S. The van der Waals surface area contributed by atoms with Crippen molar-refractivity contribution in [2.75, 3.05) is 5.75 Å². The summed E-state index contributed by atoms with van der Waals surface area (Å²) in [5.74, 6) is 1.61. The summed E-state index contributed by atoms with van der Waals surface area (Å²) in [6.45, 7) is 0.399. The van der Waals surface area contributed by atoms with Gasteiger partial charge in [0.05, 0.1) is 12.0 Å². The van der Waals surface area contributed by atoms with Gasteiger partial charge in [-0.05, 0) is 53.6 Å². The lowest BCUT2D eigenvalue weighted by molar-refractivity contribution is -0.118. The van der Waals surface area contributed by atoms with E-state index in [0.717, 1.165) is 22.4 Å². The molecule has 4 nitrogen and oxygen atoms in total.